The number of rotatable bonds is 4. The van der Waals surface area contributed by atoms with Gasteiger partial charge in [-0.2, -0.15) is 0 Å². The lowest BCUT2D eigenvalue weighted by Crippen LogP contribution is -2.54. The van der Waals surface area contributed by atoms with Crippen LogP contribution in [0.3, 0.4) is 0 Å². The number of nitrogens with one attached hydrogen (secondary N) is 1. The molecule has 27 heavy (non-hydrogen) atoms. The van der Waals surface area contributed by atoms with Crippen LogP contribution in [0.2, 0.25) is 5.02 Å². The van der Waals surface area contributed by atoms with E-state index in [4.69, 9.17) is 16.3 Å². The molecule has 0 atom stereocenters. The molecule has 1 aliphatic rings. The highest BCUT2D eigenvalue weighted by Gasteiger charge is 2.36. The summed E-state index contributed by atoms with van der Waals surface area (Å²) in [6.07, 6.45) is 1.32. The minimum Gasteiger partial charge on any atom is -0.504 e. The highest BCUT2D eigenvalue weighted by Crippen LogP contribution is 2.29. The molecule has 0 unspecified atom stereocenters. The number of urea groups is 1. The summed E-state index contributed by atoms with van der Waals surface area (Å²) in [6, 6.07) is 9.72. The number of hydrogen-bond donors (Lipinski definition) is 2. The van der Waals surface area contributed by atoms with Crippen LogP contribution in [-0.2, 0) is 9.59 Å². The van der Waals surface area contributed by atoms with Crippen LogP contribution in [0.25, 0.3) is 6.08 Å². The van der Waals surface area contributed by atoms with Gasteiger partial charge in [-0.25, -0.2) is 9.69 Å². The van der Waals surface area contributed by atoms with Crippen LogP contribution in [-0.4, -0.2) is 29.6 Å². The molecule has 0 radical (unpaired) electrons. The molecule has 0 saturated carbocycles. The Morgan fingerprint density at radius 1 is 1.19 bits per heavy atom. The molecule has 0 bridgehead atoms. The van der Waals surface area contributed by atoms with Crippen LogP contribution in [0.4, 0.5) is 10.5 Å². The van der Waals surface area contributed by atoms with E-state index in [-0.39, 0.29) is 22.8 Å². The fourth-order valence-electron chi connectivity index (χ4n) is 2.57. The number of phenolic OH excluding ortho intramolecular Hbond substituents is 1. The monoisotopic (exact) mass is 386 g/mol. The van der Waals surface area contributed by atoms with E-state index < -0.39 is 17.8 Å². The van der Waals surface area contributed by atoms with Crippen molar-refractivity contribution in [3.8, 4) is 11.5 Å². The number of barbiturate groups is 1. The molecule has 2 aromatic carbocycles. The average molecular weight is 387 g/mol. The van der Waals surface area contributed by atoms with Crippen molar-refractivity contribution in [1.82, 2.24) is 5.32 Å². The van der Waals surface area contributed by atoms with E-state index in [0.717, 1.165) is 4.90 Å². The molecule has 0 aromatic heterocycles. The second-order valence-electron chi connectivity index (χ2n) is 5.60. The number of anilines is 1. The van der Waals surface area contributed by atoms with E-state index >= 15 is 0 Å². The van der Waals surface area contributed by atoms with Crippen LogP contribution < -0.4 is 15.0 Å². The normalized spacial score (nSPS) is 15.9. The molecular weight excluding hydrogens is 372 g/mol. The van der Waals surface area contributed by atoms with Crippen molar-refractivity contribution in [3.63, 3.8) is 0 Å². The predicted molar refractivity (Wildman–Crippen MR) is 99.7 cm³/mol. The van der Waals surface area contributed by atoms with E-state index in [1.165, 1.54) is 36.4 Å². The number of halogens is 1. The number of imide groups is 2. The lowest BCUT2D eigenvalue weighted by Gasteiger charge is -2.26. The summed E-state index contributed by atoms with van der Waals surface area (Å²) in [7, 11) is 0. The first-order valence-electron chi connectivity index (χ1n) is 8.03. The van der Waals surface area contributed by atoms with Crippen molar-refractivity contribution >= 4 is 41.2 Å². The molecule has 1 heterocycles. The van der Waals surface area contributed by atoms with Gasteiger partial charge in [0.1, 0.15) is 5.57 Å². The number of ether oxygens (including phenoxy) is 1. The highest BCUT2D eigenvalue weighted by molar-refractivity contribution is 6.39. The highest BCUT2D eigenvalue weighted by atomic mass is 35.5. The number of phenols is 1. The quantitative estimate of drug-likeness (QED) is 0.621. The van der Waals surface area contributed by atoms with Crippen LogP contribution in [0.5, 0.6) is 11.5 Å². The van der Waals surface area contributed by atoms with Gasteiger partial charge in [0.15, 0.2) is 11.5 Å². The number of carbonyl (C=O) groups excluding carboxylic acids is 3. The third kappa shape index (κ3) is 3.78. The summed E-state index contributed by atoms with van der Waals surface area (Å²) in [5.74, 6) is -1.43. The molecule has 2 aromatic rings. The van der Waals surface area contributed by atoms with Crippen LogP contribution in [0, 0.1) is 0 Å². The van der Waals surface area contributed by atoms with E-state index in [2.05, 4.69) is 5.32 Å². The molecule has 1 fully saturated rings. The van der Waals surface area contributed by atoms with Gasteiger partial charge in [-0.1, -0.05) is 23.7 Å². The first-order valence-corrected chi connectivity index (χ1v) is 8.41. The van der Waals surface area contributed by atoms with E-state index in [1.807, 2.05) is 0 Å². The van der Waals surface area contributed by atoms with Gasteiger partial charge in [0, 0.05) is 5.02 Å². The van der Waals surface area contributed by atoms with Gasteiger partial charge in [0.05, 0.1) is 12.3 Å². The molecule has 3 rings (SSSR count). The van der Waals surface area contributed by atoms with Crippen LogP contribution >= 0.6 is 11.6 Å². The Morgan fingerprint density at radius 2 is 1.96 bits per heavy atom. The number of carbonyl (C=O) groups is 3. The Labute approximate surface area is 159 Å². The van der Waals surface area contributed by atoms with E-state index in [0.29, 0.717) is 17.2 Å². The topological polar surface area (TPSA) is 95.9 Å². The Hall–Kier alpha value is -3.32. The SMILES string of the molecule is CCOc1cc(/C=C2\C(=O)NC(=O)N(c3cccc(Cl)c3)C2=O)ccc1O. The third-order valence-electron chi connectivity index (χ3n) is 3.76. The number of hydrogen-bond acceptors (Lipinski definition) is 5. The molecule has 8 heteroatoms. The first kappa shape index (κ1) is 18.5. The minimum absolute atomic E-state index is 0.0610. The second-order valence-corrected chi connectivity index (χ2v) is 6.03. The fourth-order valence-corrected chi connectivity index (χ4v) is 2.75. The number of amides is 4. The van der Waals surface area contributed by atoms with Crippen LogP contribution in [0.1, 0.15) is 12.5 Å². The Balaban J connectivity index is 2.00. The van der Waals surface area contributed by atoms with Crippen molar-refractivity contribution in [3.05, 3.63) is 58.6 Å². The second kappa shape index (κ2) is 7.51. The molecule has 2 N–H and O–H groups in total. The number of benzene rings is 2. The van der Waals surface area contributed by atoms with Gasteiger partial charge >= 0.3 is 6.03 Å². The van der Waals surface area contributed by atoms with Crippen molar-refractivity contribution < 1.29 is 24.2 Å². The molecule has 0 spiro atoms. The average Bonchev–Trinajstić information content (AvgIpc) is 2.61. The molecule has 7 nitrogen and oxygen atoms in total. The first-order chi connectivity index (χ1) is 12.9. The zero-order chi connectivity index (χ0) is 19.6. The lowest BCUT2D eigenvalue weighted by molar-refractivity contribution is -0.122. The smallest absolute Gasteiger partial charge is 0.335 e. The number of aromatic hydroxyl groups is 1. The zero-order valence-corrected chi connectivity index (χ0v) is 15.0. The summed E-state index contributed by atoms with van der Waals surface area (Å²) in [5, 5.41) is 12.2. The largest absolute Gasteiger partial charge is 0.504 e. The Bertz CT molecular complexity index is 970. The minimum atomic E-state index is -0.856. The molecule has 1 aliphatic heterocycles. The molecule has 0 aliphatic carbocycles. The third-order valence-corrected chi connectivity index (χ3v) is 4.00. The lowest BCUT2D eigenvalue weighted by atomic mass is 10.1. The van der Waals surface area contributed by atoms with Gasteiger partial charge < -0.3 is 9.84 Å². The maximum atomic E-state index is 12.8. The maximum absolute atomic E-state index is 12.8. The van der Waals surface area contributed by atoms with Gasteiger partial charge in [0.25, 0.3) is 11.8 Å². The summed E-state index contributed by atoms with van der Waals surface area (Å²) in [4.78, 5) is 38.0. The Kier molecular flexibility index (Phi) is 5.14. The molecule has 4 amide bonds. The number of nitrogens with zero attached hydrogens (tertiary/aromatic N) is 1. The summed E-state index contributed by atoms with van der Waals surface area (Å²) in [5.41, 5.74) is 0.460. The predicted octanol–water partition coefficient (Wildman–Crippen LogP) is 3.11. The van der Waals surface area contributed by atoms with Crippen molar-refractivity contribution in [1.29, 1.82) is 0 Å². The van der Waals surface area contributed by atoms with E-state index in [9.17, 15) is 19.5 Å². The van der Waals surface area contributed by atoms with Gasteiger partial charge in [-0.05, 0) is 48.9 Å². The van der Waals surface area contributed by atoms with Gasteiger partial charge in [0.2, 0.25) is 0 Å². The summed E-state index contributed by atoms with van der Waals surface area (Å²) < 4.78 is 5.30. The van der Waals surface area contributed by atoms with Gasteiger partial charge in [-0.3, -0.25) is 14.9 Å². The van der Waals surface area contributed by atoms with Gasteiger partial charge in [-0.15, -0.1) is 0 Å². The standard InChI is InChI=1S/C19H15ClN2O5/c1-2-27-16-9-11(6-7-15(16)23)8-14-17(24)21-19(26)22(18(14)25)13-5-3-4-12(20)10-13/h3-10,23H,2H2,1H3,(H,21,24,26)/b14-8+. The fraction of sp³-hybridized carbons (Fsp3) is 0.105. The molecule has 138 valence electrons. The van der Waals surface area contributed by atoms with Crippen molar-refractivity contribution in [2.75, 3.05) is 11.5 Å². The van der Waals surface area contributed by atoms with Crippen molar-refractivity contribution in [2.45, 2.75) is 6.92 Å². The zero-order valence-electron chi connectivity index (χ0n) is 14.2. The van der Waals surface area contributed by atoms with Crippen LogP contribution in [0.15, 0.2) is 48.0 Å². The van der Waals surface area contributed by atoms with E-state index in [1.54, 1.807) is 19.1 Å². The van der Waals surface area contributed by atoms with Crippen molar-refractivity contribution in [2.24, 2.45) is 0 Å². The maximum Gasteiger partial charge on any atom is 0.335 e. The molecular formula is C19H15ClN2O5. The Morgan fingerprint density at radius 3 is 2.67 bits per heavy atom. The molecule has 1 saturated heterocycles. The summed E-state index contributed by atoms with van der Waals surface area (Å²) >= 11 is 5.93. The summed E-state index contributed by atoms with van der Waals surface area (Å²) in [6.45, 7) is 2.10.